The van der Waals surface area contributed by atoms with Crippen LogP contribution >= 0.6 is 0 Å². The number of rotatable bonds is 4. The van der Waals surface area contributed by atoms with E-state index < -0.39 is 29.3 Å². The Bertz CT molecular complexity index is 1250. The molecule has 162 valence electrons. The van der Waals surface area contributed by atoms with Crippen molar-refractivity contribution in [2.75, 3.05) is 12.0 Å². The number of aromatic nitrogens is 1. The summed E-state index contributed by atoms with van der Waals surface area (Å²) in [5.41, 5.74) is 2.92. The van der Waals surface area contributed by atoms with Gasteiger partial charge in [-0.25, -0.2) is 4.39 Å². The second-order valence-corrected chi connectivity index (χ2v) is 7.56. The Morgan fingerprint density at radius 3 is 2.41 bits per heavy atom. The molecule has 0 spiro atoms. The highest BCUT2D eigenvalue weighted by Gasteiger charge is 2.47. The van der Waals surface area contributed by atoms with E-state index in [1.165, 1.54) is 24.1 Å². The maximum atomic E-state index is 14.0. The number of Topliss-reactive ketones (excluding diaryl/α,β-unsaturated/α-hetero) is 1. The lowest BCUT2D eigenvalue weighted by atomic mass is 9.95. The summed E-state index contributed by atoms with van der Waals surface area (Å²) in [7, 11) is 1.37. The lowest BCUT2D eigenvalue weighted by Crippen LogP contribution is -2.29. The Balaban J connectivity index is 1.98. The number of aliphatic hydroxyl groups excluding tert-OH is 1. The fourth-order valence-corrected chi connectivity index (χ4v) is 3.85. The number of ether oxygens (including phenoxy) is 1. The predicted molar refractivity (Wildman–Crippen MR) is 118 cm³/mol. The average Bonchev–Trinajstić information content (AvgIpc) is 3.06. The van der Waals surface area contributed by atoms with E-state index in [0.29, 0.717) is 11.3 Å². The van der Waals surface area contributed by atoms with Crippen molar-refractivity contribution in [2.24, 2.45) is 0 Å². The van der Waals surface area contributed by atoms with Crippen LogP contribution in [-0.4, -0.2) is 28.9 Å². The summed E-state index contributed by atoms with van der Waals surface area (Å²) in [4.78, 5) is 31.7. The first-order valence-electron chi connectivity index (χ1n) is 9.95. The monoisotopic (exact) mass is 432 g/mol. The molecule has 0 radical (unpaired) electrons. The Hall–Kier alpha value is -4.00. The molecule has 1 N–H and O–H groups in total. The lowest BCUT2D eigenvalue weighted by Gasteiger charge is -2.26. The number of methoxy groups -OCH3 is 1. The van der Waals surface area contributed by atoms with Crippen LogP contribution in [0.2, 0.25) is 0 Å². The second-order valence-electron chi connectivity index (χ2n) is 7.56. The Morgan fingerprint density at radius 1 is 1.03 bits per heavy atom. The number of anilines is 1. The molecule has 1 amide bonds. The zero-order chi connectivity index (χ0) is 23.0. The maximum absolute atomic E-state index is 14.0. The van der Waals surface area contributed by atoms with Crippen molar-refractivity contribution in [3.05, 3.63) is 94.6 Å². The number of hydrogen-bond acceptors (Lipinski definition) is 5. The smallest absolute Gasteiger partial charge is 0.300 e. The molecule has 0 bridgehead atoms. The molecule has 1 aromatic heterocycles. The molecule has 2 aromatic carbocycles. The van der Waals surface area contributed by atoms with Crippen molar-refractivity contribution in [1.82, 2.24) is 4.98 Å². The summed E-state index contributed by atoms with van der Waals surface area (Å²) in [6.07, 6.45) is 3.08. The van der Waals surface area contributed by atoms with Gasteiger partial charge in [0.15, 0.2) is 0 Å². The summed E-state index contributed by atoms with van der Waals surface area (Å²) >= 11 is 0. The highest BCUT2D eigenvalue weighted by atomic mass is 19.1. The van der Waals surface area contributed by atoms with Crippen LogP contribution in [0.4, 0.5) is 10.1 Å². The van der Waals surface area contributed by atoms with Gasteiger partial charge in [0, 0.05) is 18.1 Å². The molecule has 4 rings (SSSR count). The summed E-state index contributed by atoms with van der Waals surface area (Å²) in [5, 5.41) is 11.2. The largest absolute Gasteiger partial charge is 0.507 e. The van der Waals surface area contributed by atoms with Crippen molar-refractivity contribution in [3.8, 4) is 5.75 Å². The van der Waals surface area contributed by atoms with Gasteiger partial charge in [-0.2, -0.15) is 0 Å². The minimum atomic E-state index is -0.923. The Morgan fingerprint density at radius 2 is 1.75 bits per heavy atom. The van der Waals surface area contributed by atoms with Crippen LogP contribution in [0.15, 0.2) is 66.5 Å². The number of ketones is 1. The van der Waals surface area contributed by atoms with Crippen molar-refractivity contribution in [1.29, 1.82) is 0 Å². The van der Waals surface area contributed by atoms with Crippen LogP contribution in [0.25, 0.3) is 5.76 Å². The minimum Gasteiger partial charge on any atom is -0.507 e. The van der Waals surface area contributed by atoms with E-state index in [1.54, 1.807) is 30.6 Å². The molecule has 1 aliphatic heterocycles. The Kier molecular flexibility index (Phi) is 5.48. The summed E-state index contributed by atoms with van der Waals surface area (Å²) in [5.74, 6) is -2.60. The van der Waals surface area contributed by atoms with Gasteiger partial charge in [-0.3, -0.25) is 19.5 Å². The summed E-state index contributed by atoms with van der Waals surface area (Å²) < 4.78 is 19.2. The molecular formula is C25H21FN2O4. The molecule has 32 heavy (non-hydrogen) atoms. The van der Waals surface area contributed by atoms with Gasteiger partial charge in [0.1, 0.15) is 17.3 Å². The van der Waals surface area contributed by atoms with Crippen LogP contribution in [-0.2, 0) is 9.59 Å². The first kappa shape index (κ1) is 21.2. The standard InChI is InChI=1S/C25H21FN2O4/c1-14-4-6-18(12-15(14)2)28-22(16-8-10-27-11-9-16)21(24(30)25(28)31)23(29)19-13-17(26)5-7-20(19)32-3/h4-13,22,29H,1-3H3/b23-21+. The fourth-order valence-electron chi connectivity index (χ4n) is 3.85. The van der Waals surface area contributed by atoms with Gasteiger partial charge in [-0.15, -0.1) is 0 Å². The van der Waals surface area contributed by atoms with E-state index >= 15 is 0 Å². The first-order valence-corrected chi connectivity index (χ1v) is 9.95. The predicted octanol–water partition coefficient (Wildman–Crippen LogP) is 4.47. The van der Waals surface area contributed by atoms with Gasteiger partial charge >= 0.3 is 0 Å². The van der Waals surface area contributed by atoms with Gasteiger partial charge in [-0.05, 0) is 73.0 Å². The zero-order valence-electron chi connectivity index (χ0n) is 17.8. The molecule has 2 heterocycles. The van der Waals surface area contributed by atoms with E-state index in [2.05, 4.69) is 4.98 Å². The van der Waals surface area contributed by atoms with E-state index in [0.717, 1.165) is 17.2 Å². The van der Waals surface area contributed by atoms with Crippen LogP contribution in [0.5, 0.6) is 5.75 Å². The van der Waals surface area contributed by atoms with Gasteiger partial charge in [0.05, 0.1) is 24.3 Å². The van der Waals surface area contributed by atoms with Crippen LogP contribution in [0.1, 0.15) is 28.3 Å². The molecular weight excluding hydrogens is 411 g/mol. The quantitative estimate of drug-likeness (QED) is 0.374. The maximum Gasteiger partial charge on any atom is 0.300 e. The number of carbonyl (C=O) groups is 2. The van der Waals surface area contributed by atoms with Crippen LogP contribution in [0, 0.1) is 19.7 Å². The second kappa shape index (κ2) is 8.26. The molecule has 7 heteroatoms. The molecule has 1 fully saturated rings. The SMILES string of the molecule is COc1ccc(F)cc1/C(O)=C1\C(=O)C(=O)N(c2ccc(C)c(C)c2)C1c1ccncc1. The van der Waals surface area contributed by atoms with Crippen molar-refractivity contribution in [3.63, 3.8) is 0 Å². The van der Waals surface area contributed by atoms with Crippen LogP contribution in [0.3, 0.4) is 0 Å². The highest BCUT2D eigenvalue weighted by molar-refractivity contribution is 6.51. The molecule has 1 unspecified atom stereocenters. The number of aliphatic hydroxyl groups is 1. The Labute approximate surface area is 184 Å². The highest BCUT2D eigenvalue weighted by Crippen LogP contribution is 2.43. The number of aryl methyl sites for hydroxylation is 2. The molecule has 6 nitrogen and oxygen atoms in total. The molecule has 3 aromatic rings. The zero-order valence-corrected chi connectivity index (χ0v) is 17.8. The molecule has 1 atom stereocenters. The first-order chi connectivity index (χ1) is 15.3. The third kappa shape index (κ3) is 3.51. The molecule has 1 saturated heterocycles. The van der Waals surface area contributed by atoms with E-state index in [-0.39, 0.29) is 16.9 Å². The number of halogens is 1. The summed E-state index contributed by atoms with van der Waals surface area (Å²) in [6, 6.07) is 11.5. The van der Waals surface area contributed by atoms with Crippen molar-refractivity contribution < 1.29 is 23.8 Å². The molecule has 0 saturated carbocycles. The molecule has 1 aliphatic rings. The fraction of sp³-hybridized carbons (Fsp3) is 0.160. The number of hydrogen-bond donors (Lipinski definition) is 1. The van der Waals surface area contributed by atoms with Gasteiger partial charge in [-0.1, -0.05) is 6.07 Å². The third-order valence-corrected chi connectivity index (χ3v) is 5.65. The number of pyridine rings is 1. The minimum absolute atomic E-state index is 0.00959. The van der Waals surface area contributed by atoms with Crippen LogP contribution < -0.4 is 9.64 Å². The van der Waals surface area contributed by atoms with Gasteiger partial charge in [0.2, 0.25) is 0 Å². The van der Waals surface area contributed by atoms with Crippen molar-refractivity contribution >= 4 is 23.1 Å². The molecule has 0 aliphatic carbocycles. The average molecular weight is 432 g/mol. The number of nitrogens with zero attached hydrogens (tertiary/aromatic N) is 2. The number of amides is 1. The third-order valence-electron chi connectivity index (χ3n) is 5.65. The van der Waals surface area contributed by atoms with E-state index in [4.69, 9.17) is 4.74 Å². The number of carbonyl (C=O) groups excluding carboxylic acids is 2. The lowest BCUT2D eigenvalue weighted by molar-refractivity contribution is -0.132. The van der Waals surface area contributed by atoms with E-state index in [9.17, 15) is 19.1 Å². The number of benzene rings is 2. The summed E-state index contributed by atoms with van der Waals surface area (Å²) in [6.45, 7) is 3.86. The van der Waals surface area contributed by atoms with Gasteiger partial charge in [0.25, 0.3) is 11.7 Å². The van der Waals surface area contributed by atoms with Crippen molar-refractivity contribution in [2.45, 2.75) is 19.9 Å². The topological polar surface area (TPSA) is 79.7 Å². The van der Waals surface area contributed by atoms with E-state index in [1.807, 2.05) is 26.0 Å². The van der Waals surface area contributed by atoms with Gasteiger partial charge < -0.3 is 9.84 Å². The normalized spacial score (nSPS) is 17.6.